The van der Waals surface area contributed by atoms with Gasteiger partial charge in [-0.05, 0) is 25.5 Å². The smallest absolute Gasteiger partial charge is 0.414 e. The molecule has 0 aliphatic carbocycles. The second-order valence-corrected chi connectivity index (χ2v) is 3.38. The van der Waals surface area contributed by atoms with Gasteiger partial charge in [-0.25, -0.2) is 4.79 Å². The number of hydrogen-bond donors (Lipinski definition) is 1. The summed E-state index contributed by atoms with van der Waals surface area (Å²) in [5.41, 5.74) is 1.58. The molecule has 0 spiro atoms. The van der Waals surface area contributed by atoms with Crippen LogP contribution in [0.1, 0.15) is 12.5 Å². The number of anilines is 1. The largest absolute Gasteiger partial charge is 0.508 e. The number of carbonyl (C=O) groups excluding carboxylic acids is 1. The molecule has 0 unspecified atom stereocenters. The van der Waals surface area contributed by atoms with Crippen molar-refractivity contribution in [3.63, 3.8) is 0 Å². The highest BCUT2D eigenvalue weighted by molar-refractivity contribution is 5.90. The van der Waals surface area contributed by atoms with Gasteiger partial charge in [0.1, 0.15) is 5.75 Å². The fourth-order valence-electron chi connectivity index (χ4n) is 1.81. The van der Waals surface area contributed by atoms with Crippen LogP contribution in [0, 0.1) is 0 Å². The van der Waals surface area contributed by atoms with Crippen molar-refractivity contribution in [2.45, 2.75) is 13.3 Å². The normalized spacial score (nSPS) is 13.8. The molecule has 15 heavy (non-hydrogen) atoms. The summed E-state index contributed by atoms with van der Waals surface area (Å²) in [6.45, 7) is 2.71. The third-order valence-electron chi connectivity index (χ3n) is 2.49. The maximum Gasteiger partial charge on any atom is 0.414 e. The molecule has 1 amide bonds. The first-order valence-electron chi connectivity index (χ1n) is 4.99. The molecule has 4 nitrogen and oxygen atoms in total. The van der Waals surface area contributed by atoms with Crippen LogP contribution in [-0.4, -0.2) is 24.4 Å². The Balaban J connectivity index is 2.29. The summed E-state index contributed by atoms with van der Waals surface area (Å²) in [5.74, 6) is 0.249. The molecular weight excluding hydrogens is 194 g/mol. The number of amides is 1. The first-order chi connectivity index (χ1) is 7.24. The fraction of sp³-hybridized carbons (Fsp3) is 0.364. The van der Waals surface area contributed by atoms with Gasteiger partial charge in [0.15, 0.2) is 0 Å². The average Bonchev–Trinajstić information content (AvgIpc) is 2.63. The number of nitrogens with zero attached hydrogens (tertiary/aromatic N) is 1. The van der Waals surface area contributed by atoms with Gasteiger partial charge in [-0.1, -0.05) is 6.07 Å². The highest BCUT2D eigenvalue weighted by Gasteiger charge is 2.27. The topological polar surface area (TPSA) is 49.8 Å². The maximum atomic E-state index is 11.5. The van der Waals surface area contributed by atoms with Crippen LogP contribution < -0.4 is 4.90 Å². The molecule has 2 rings (SSSR count). The molecule has 1 aliphatic heterocycles. The number of ether oxygens (including phenoxy) is 1. The molecule has 1 heterocycles. The molecule has 0 saturated carbocycles. The van der Waals surface area contributed by atoms with E-state index in [0.717, 1.165) is 11.3 Å². The predicted octanol–water partition coefficient (Wildman–Crippen LogP) is 1.91. The minimum absolute atomic E-state index is 0.249. The van der Waals surface area contributed by atoms with Crippen molar-refractivity contribution in [3.8, 4) is 5.75 Å². The zero-order valence-electron chi connectivity index (χ0n) is 8.56. The van der Waals surface area contributed by atoms with E-state index in [4.69, 9.17) is 4.74 Å². The first kappa shape index (κ1) is 9.83. The van der Waals surface area contributed by atoms with E-state index in [0.29, 0.717) is 19.6 Å². The molecule has 4 heteroatoms. The molecule has 80 valence electrons. The molecule has 0 atom stereocenters. The number of hydrogen-bond acceptors (Lipinski definition) is 3. The van der Waals surface area contributed by atoms with Gasteiger partial charge in [0.2, 0.25) is 0 Å². The van der Waals surface area contributed by atoms with Crippen LogP contribution in [0.2, 0.25) is 0 Å². The zero-order chi connectivity index (χ0) is 10.8. The van der Waals surface area contributed by atoms with Crippen molar-refractivity contribution in [2.24, 2.45) is 0 Å². The Hall–Kier alpha value is -1.71. The number of carbonyl (C=O) groups is 1. The van der Waals surface area contributed by atoms with Gasteiger partial charge >= 0.3 is 6.09 Å². The van der Waals surface area contributed by atoms with Crippen LogP contribution in [-0.2, 0) is 11.2 Å². The second kappa shape index (κ2) is 3.81. The minimum Gasteiger partial charge on any atom is -0.508 e. The number of benzene rings is 1. The van der Waals surface area contributed by atoms with E-state index < -0.39 is 0 Å². The van der Waals surface area contributed by atoms with Crippen molar-refractivity contribution in [2.75, 3.05) is 18.1 Å². The lowest BCUT2D eigenvalue weighted by molar-refractivity contribution is 0.160. The summed E-state index contributed by atoms with van der Waals surface area (Å²) in [4.78, 5) is 13.1. The Labute approximate surface area is 88.1 Å². The quantitative estimate of drug-likeness (QED) is 0.765. The molecular formula is C11H13NO3. The summed E-state index contributed by atoms with van der Waals surface area (Å²) in [5, 5.41) is 9.58. The number of aromatic hydroxyl groups is 1. The van der Waals surface area contributed by atoms with E-state index in [-0.39, 0.29) is 11.8 Å². The predicted molar refractivity (Wildman–Crippen MR) is 56.2 cm³/mol. The molecule has 1 aliphatic rings. The van der Waals surface area contributed by atoms with E-state index in [1.807, 2.05) is 6.07 Å². The van der Waals surface area contributed by atoms with Gasteiger partial charge < -0.3 is 9.84 Å². The van der Waals surface area contributed by atoms with Crippen molar-refractivity contribution in [1.82, 2.24) is 0 Å². The molecule has 0 radical (unpaired) electrons. The molecule has 1 aromatic rings. The van der Waals surface area contributed by atoms with Crippen LogP contribution >= 0.6 is 0 Å². The number of fused-ring (bicyclic) bond motifs is 1. The number of phenols is 1. The molecule has 0 bridgehead atoms. The molecule has 0 saturated heterocycles. The summed E-state index contributed by atoms with van der Waals surface area (Å²) < 4.78 is 4.93. The van der Waals surface area contributed by atoms with Crippen molar-refractivity contribution < 1.29 is 14.6 Å². The molecule has 0 aromatic heterocycles. The Bertz CT molecular complexity index is 389. The Morgan fingerprint density at radius 2 is 2.40 bits per heavy atom. The SMILES string of the molecule is CCOC(=O)N1CCc2c(O)cccc21. The Morgan fingerprint density at radius 1 is 1.60 bits per heavy atom. The van der Waals surface area contributed by atoms with Crippen LogP contribution in [0.15, 0.2) is 18.2 Å². The molecule has 1 aromatic carbocycles. The van der Waals surface area contributed by atoms with Gasteiger partial charge in [-0.15, -0.1) is 0 Å². The van der Waals surface area contributed by atoms with Crippen LogP contribution in [0.5, 0.6) is 5.75 Å². The maximum absolute atomic E-state index is 11.5. The highest BCUT2D eigenvalue weighted by Crippen LogP contribution is 2.34. The lowest BCUT2D eigenvalue weighted by Crippen LogP contribution is -2.29. The van der Waals surface area contributed by atoms with Gasteiger partial charge in [0, 0.05) is 12.1 Å². The molecule has 0 fully saturated rings. The summed E-state index contributed by atoms with van der Waals surface area (Å²) in [6, 6.07) is 5.18. The lowest BCUT2D eigenvalue weighted by Gasteiger charge is -2.16. The van der Waals surface area contributed by atoms with Gasteiger partial charge in [-0.3, -0.25) is 4.90 Å². The highest BCUT2D eigenvalue weighted by atomic mass is 16.6. The third-order valence-corrected chi connectivity index (χ3v) is 2.49. The number of rotatable bonds is 1. The average molecular weight is 207 g/mol. The van der Waals surface area contributed by atoms with Gasteiger partial charge in [0.05, 0.1) is 12.3 Å². The third kappa shape index (κ3) is 1.63. The lowest BCUT2D eigenvalue weighted by atomic mass is 10.1. The standard InChI is InChI=1S/C11H13NO3/c1-2-15-11(14)12-7-6-8-9(12)4-3-5-10(8)13/h3-5,13H,2,6-7H2,1H3. The van der Waals surface area contributed by atoms with Crippen molar-refractivity contribution >= 4 is 11.8 Å². The van der Waals surface area contributed by atoms with Crippen LogP contribution in [0.4, 0.5) is 10.5 Å². The van der Waals surface area contributed by atoms with Gasteiger partial charge in [0.25, 0.3) is 0 Å². The summed E-state index contributed by atoms with van der Waals surface area (Å²) >= 11 is 0. The minimum atomic E-state index is -0.346. The molecule has 1 N–H and O–H groups in total. The van der Waals surface area contributed by atoms with E-state index >= 15 is 0 Å². The van der Waals surface area contributed by atoms with Crippen molar-refractivity contribution in [3.05, 3.63) is 23.8 Å². The Kier molecular flexibility index (Phi) is 2.49. The van der Waals surface area contributed by atoms with Crippen LogP contribution in [0.25, 0.3) is 0 Å². The Morgan fingerprint density at radius 3 is 3.13 bits per heavy atom. The number of phenolic OH excluding ortho intramolecular Hbond substituents is 1. The van der Waals surface area contributed by atoms with E-state index in [1.54, 1.807) is 24.0 Å². The van der Waals surface area contributed by atoms with Crippen LogP contribution in [0.3, 0.4) is 0 Å². The van der Waals surface area contributed by atoms with E-state index in [9.17, 15) is 9.90 Å². The monoisotopic (exact) mass is 207 g/mol. The second-order valence-electron chi connectivity index (χ2n) is 3.38. The summed E-state index contributed by atoms with van der Waals surface area (Å²) in [6.07, 6.45) is 0.336. The van der Waals surface area contributed by atoms with E-state index in [1.165, 1.54) is 0 Å². The summed E-state index contributed by atoms with van der Waals surface area (Å²) in [7, 11) is 0. The zero-order valence-corrected chi connectivity index (χ0v) is 8.56. The van der Waals surface area contributed by atoms with E-state index in [2.05, 4.69) is 0 Å². The van der Waals surface area contributed by atoms with Gasteiger partial charge in [-0.2, -0.15) is 0 Å². The first-order valence-corrected chi connectivity index (χ1v) is 4.99. The fourth-order valence-corrected chi connectivity index (χ4v) is 1.81. The van der Waals surface area contributed by atoms with Crippen molar-refractivity contribution in [1.29, 1.82) is 0 Å².